The maximum Gasteiger partial charge on any atom is 0.153 e. The van der Waals surface area contributed by atoms with Gasteiger partial charge in [-0.15, -0.1) is 0 Å². The summed E-state index contributed by atoms with van der Waals surface area (Å²) in [4.78, 5) is 10.9. The van der Waals surface area contributed by atoms with Gasteiger partial charge in [0.15, 0.2) is 6.29 Å². The lowest BCUT2D eigenvalue weighted by molar-refractivity contribution is 0.111. The highest BCUT2D eigenvalue weighted by Crippen LogP contribution is 2.29. The zero-order valence-corrected chi connectivity index (χ0v) is 10.1. The molecule has 0 bridgehead atoms. The van der Waals surface area contributed by atoms with Crippen LogP contribution < -0.4 is 9.47 Å². The average Bonchev–Trinajstić information content (AvgIpc) is 2.30. The molecule has 0 fully saturated rings. The van der Waals surface area contributed by atoms with Crippen LogP contribution in [0, 0.1) is 0 Å². The number of aryl methyl sites for hydroxylation is 1. The fourth-order valence-electron chi connectivity index (χ4n) is 1.56. The number of hydrogen-bond donors (Lipinski definition) is 0. The second-order valence-electron chi connectivity index (χ2n) is 3.34. The minimum Gasteiger partial charge on any atom is -0.493 e. The fraction of sp³-hybridized carbons (Fsp3) is 0.462. The molecule has 1 aromatic rings. The number of ether oxygens (including phenoxy) is 2. The van der Waals surface area contributed by atoms with Crippen molar-refractivity contribution in [2.75, 3.05) is 13.2 Å². The van der Waals surface area contributed by atoms with Gasteiger partial charge < -0.3 is 9.47 Å². The summed E-state index contributed by atoms with van der Waals surface area (Å²) in [6.45, 7) is 7.01. The molecule has 0 aliphatic heterocycles. The zero-order chi connectivity index (χ0) is 12.0. The van der Waals surface area contributed by atoms with Crippen molar-refractivity contribution in [3.63, 3.8) is 0 Å². The molecular formula is C13H18O3. The maximum absolute atomic E-state index is 10.9. The molecule has 0 radical (unpaired) electrons. The van der Waals surface area contributed by atoms with E-state index in [-0.39, 0.29) is 0 Å². The molecule has 0 aliphatic rings. The Morgan fingerprint density at radius 3 is 2.19 bits per heavy atom. The molecule has 0 spiro atoms. The number of benzene rings is 1. The quantitative estimate of drug-likeness (QED) is 0.694. The van der Waals surface area contributed by atoms with Crippen LogP contribution in [0.2, 0.25) is 0 Å². The van der Waals surface area contributed by atoms with Crippen LogP contribution in [0.15, 0.2) is 12.1 Å². The van der Waals surface area contributed by atoms with Crippen molar-refractivity contribution in [2.45, 2.75) is 27.2 Å². The highest BCUT2D eigenvalue weighted by atomic mass is 16.5. The highest BCUT2D eigenvalue weighted by molar-refractivity contribution is 5.80. The van der Waals surface area contributed by atoms with Crippen molar-refractivity contribution in [3.05, 3.63) is 23.3 Å². The number of rotatable bonds is 6. The van der Waals surface area contributed by atoms with Crippen LogP contribution in [0.5, 0.6) is 11.5 Å². The maximum atomic E-state index is 10.9. The predicted octanol–water partition coefficient (Wildman–Crippen LogP) is 2.86. The Morgan fingerprint density at radius 2 is 1.69 bits per heavy atom. The molecular weight excluding hydrogens is 204 g/mol. The Morgan fingerprint density at radius 1 is 1.06 bits per heavy atom. The first kappa shape index (κ1) is 12.6. The summed E-state index contributed by atoms with van der Waals surface area (Å²) >= 11 is 0. The van der Waals surface area contributed by atoms with Gasteiger partial charge in [0.05, 0.1) is 18.8 Å². The monoisotopic (exact) mass is 222 g/mol. The topological polar surface area (TPSA) is 35.5 Å². The summed E-state index contributed by atoms with van der Waals surface area (Å²) in [5.41, 5.74) is 1.62. The van der Waals surface area contributed by atoms with Crippen molar-refractivity contribution < 1.29 is 14.3 Å². The highest BCUT2D eigenvalue weighted by Gasteiger charge is 2.10. The smallest absolute Gasteiger partial charge is 0.153 e. The molecule has 88 valence electrons. The average molecular weight is 222 g/mol. The van der Waals surface area contributed by atoms with Crippen LogP contribution >= 0.6 is 0 Å². The van der Waals surface area contributed by atoms with E-state index in [1.165, 1.54) is 0 Å². The molecule has 0 aromatic heterocycles. The van der Waals surface area contributed by atoms with E-state index in [0.29, 0.717) is 24.5 Å². The summed E-state index contributed by atoms with van der Waals surface area (Å²) < 4.78 is 10.9. The van der Waals surface area contributed by atoms with E-state index in [4.69, 9.17) is 9.47 Å². The first-order valence-corrected chi connectivity index (χ1v) is 5.64. The summed E-state index contributed by atoms with van der Waals surface area (Å²) in [5.74, 6) is 1.40. The first-order chi connectivity index (χ1) is 7.76. The van der Waals surface area contributed by atoms with E-state index in [2.05, 4.69) is 0 Å². The molecule has 16 heavy (non-hydrogen) atoms. The molecule has 0 saturated carbocycles. The minimum absolute atomic E-state index is 0.540. The predicted molar refractivity (Wildman–Crippen MR) is 63.5 cm³/mol. The SMILES string of the molecule is CCOc1cc(OCC)c(CC)cc1C=O. The van der Waals surface area contributed by atoms with Crippen molar-refractivity contribution in [2.24, 2.45) is 0 Å². The van der Waals surface area contributed by atoms with Gasteiger partial charge in [-0.2, -0.15) is 0 Å². The van der Waals surface area contributed by atoms with Crippen molar-refractivity contribution in [1.82, 2.24) is 0 Å². The lowest BCUT2D eigenvalue weighted by atomic mass is 10.1. The molecule has 3 heteroatoms. The molecule has 0 atom stereocenters. The van der Waals surface area contributed by atoms with Crippen LogP contribution in [-0.2, 0) is 6.42 Å². The summed E-state index contributed by atoms with van der Waals surface area (Å²) in [7, 11) is 0. The van der Waals surface area contributed by atoms with Crippen LogP contribution in [0.25, 0.3) is 0 Å². The largest absolute Gasteiger partial charge is 0.493 e. The van der Waals surface area contributed by atoms with Gasteiger partial charge in [0, 0.05) is 6.07 Å². The Labute approximate surface area is 96.4 Å². The molecule has 3 nitrogen and oxygen atoms in total. The Kier molecular flexibility index (Phi) is 4.83. The Hall–Kier alpha value is -1.51. The molecule has 0 heterocycles. The molecule has 0 aliphatic carbocycles. The molecule has 0 unspecified atom stereocenters. The van der Waals surface area contributed by atoms with Gasteiger partial charge in [-0.3, -0.25) is 4.79 Å². The number of carbonyl (C=O) groups excluding carboxylic acids is 1. The lowest BCUT2D eigenvalue weighted by Gasteiger charge is -2.13. The van der Waals surface area contributed by atoms with E-state index in [1.807, 2.05) is 26.8 Å². The van der Waals surface area contributed by atoms with Crippen molar-refractivity contribution >= 4 is 6.29 Å². The summed E-state index contributed by atoms with van der Waals surface area (Å²) in [6, 6.07) is 3.64. The van der Waals surface area contributed by atoms with Crippen LogP contribution in [0.3, 0.4) is 0 Å². The molecule has 1 aromatic carbocycles. The van der Waals surface area contributed by atoms with Gasteiger partial charge in [-0.05, 0) is 31.9 Å². The van der Waals surface area contributed by atoms with E-state index in [1.54, 1.807) is 6.07 Å². The summed E-state index contributed by atoms with van der Waals surface area (Å²) in [6.07, 6.45) is 1.66. The van der Waals surface area contributed by atoms with E-state index in [0.717, 1.165) is 24.0 Å². The number of hydrogen-bond acceptors (Lipinski definition) is 3. The van der Waals surface area contributed by atoms with E-state index in [9.17, 15) is 4.79 Å². The molecule has 0 saturated heterocycles. The lowest BCUT2D eigenvalue weighted by Crippen LogP contribution is -2.01. The molecule has 1 rings (SSSR count). The van der Waals surface area contributed by atoms with Gasteiger partial charge >= 0.3 is 0 Å². The molecule has 0 amide bonds. The third kappa shape index (κ3) is 2.75. The van der Waals surface area contributed by atoms with Crippen molar-refractivity contribution in [1.29, 1.82) is 0 Å². The summed E-state index contributed by atoms with van der Waals surface area (Å²) in [5, 5.41) is 0. The van der Waals surface area contributed by atoms with Crippen molar-refractivity contribution in [3.8, 4) is 11.5 Å². The fourth-order valence-corrected chi connectivity index (χ4v) is 1.56. The van der Waals surface area contributed by atoms with Gasteiger partial charge in [-0.1, -0.05) is 6.92 Å². The van der Waals surface area contributed by atoms with Gasteiger partial charge in [-0.25, -0.2) is 0 Å². The third-order valence-corrected chi connectivity index (χ3v) is 2.30. The van der Waals surface area contributed by atoms with Gasteiger partial charge in [0.2, 0.25) is 0 Å². The van der Waals surface area contributed by atoms with E-state index >= 15 is 0 Å². The standard InChI is InChI=1S/C13H18O3/c1-4-10-7-11(9-14)13(16-6-3)8-12(10)15-5-2/h7-9H,4-6H2,1-3H3. The van der Waals surface area contributed by atoms with Gasteiger partial charge in [0.25, 0.3) is 0 Å². The minimum atomic E-state index is 0.540. The van der Waals surface area contributed by atoms with Crippen LogP contribution in [-0.4, -0.2) is 19.5 Å². The number of carbonyl (C=O) groups is 1. The zero-order valence-electron chi connectivity index (χ0n) is 10.1. The normalized spacial score (nSPS) is 9.94. The second kappa shape index (κ2) is 6.16. The number of aldehydes is 1. The Balaban J connectivity index is 3.17. The van der Waals surface area contributed by atoms with Gasteiger partial charge in [0.1, 0.15) is 11.5 Å². The molecule has 0 N–H and O–H groups in total. The second-order valence-corrected chi connectivity index (χ2v) is 3.34. The van der Waals surface area contributed by atoms with Crippen LogP contribution in [0.1, 0.15) is 36.7 Å². The third-order valence-electron chi connectivity index (χ3n) is 2.30. The first-order valence-electron chi connectivity index (χ1n) is 5.64. The van der Waals surface area contributed by atoms with Crippen LogP contribution in [0.4, 0.5) is 0 Å². The Bertz CT molecular complexity index is 358. The van der Waals surface area contributed by atoms with E-state index < -0.39 is 0 Å².